The molecule has 5 heteroatoms. The van der Waals surface area contributed by atoms with Crippen LogP contribution < -0.4 is 10.6 Å². The highest BCUT2D eigenvalue weighted by Crippen LogP contribution is 2.44. The van der Waals surface area contributed by atoms with Crippen LogP contribution in [0.25, 0.3) is 0 Å². The van der Waals surface area contributed by atoms with Crippen molar-refractivity contribution < 1.29 is 19.7 Å². The maximum atomic E-state index is 12.6. The predicted molar refractivity (Wildman–Crippen MR) is 74.8 cm³/mol. The Morgan fingerprint density at radius 1 is 0.842 bits per heavy atom. The summed E-state index contributed by atoms with van der Waals surface area (Å²) in [6.45, 7) is 3.53. The van der Waals surface area contributed by atoms with E-state index in [0.29, 0.717) is 0 Å². The second kappa shape index (κ2) is 4.72. The fourth-order valence-corrected chi connectivity index (χ4v) is 3.67. The highest BCUT2D eigenvalue weighted by molar-refractivity contribution is 7.73. The smallest absolute Gasteiger partial charge is 0.266 e. The number of phenols is 2. The van der Waals surface area contributed by atoms with Crippen molar-refractivity contribution in [3.05, 3.63) is 47.5 Å². The van der Waals surface area contributed by atoms with Gasteiger partial charge < -0.3 is 15.1 Å². The molecule has 0 saturated heterocycles. The Bertz CT molecular complexity index is 624. The Kier molecular flexibility index (Phi) is 3.40. The first-order chi connectivity index (χ1) is 8.82. The van der Waals surface area contributed by atoms with Gasteiger partial charge in [0.25, 0.3) is 7.37 Å². The summed E-state index contributed by atoms with van der Waals surface area (Å²) >= 11 is 0. The summed E-state index contributed by atoms with van der Waals surface area (Å²) in [5.41, 5.74) is 1.52. The molecule has 19 heavy (non-hydrogen) atoms. The molecule has 0 unspecified atom stereocenters. The molecule has 0 fully saturated rings. The molecule has 100 valence electrons. The Morgan fingerprint density at radius 2 is 1.21 bits per heavy atom. The Morgan fingerprint density at radius 3 is 1.58 bits per heavy atom. The van der Waals surface area contributed by atoms with E-state index in [-0.39, 0.29) is 22.1 Å². The van der Waals surface area contributed by atoms with Crippen LogP contribution >= 0.6 is 7.37 Å². The average Bonchev–Trinajstić information content (AvgIpc) is 2.35. The van der Waals surface area contributed by atoms with Crippen LogP contribution in [-0.4, -0.2) is 15.1 Å². The van der Waals surface area contributed by atoms with Crippen molar-refractivity contribution in [2.45, 2.75) is 13.8 Å². The Balaban J connectivity index is 2.68. The summed E-state index contributed by atoms with van der Waals surface area (Å²) in [6.07, 6.45) is 0. The lowest BCUT2D eigenvalue weighted by Crippen LogP contribution is -2.17. The van der Waals surface area contributed by atoms with Crippen LogP contribution in [0.5, 0.6) is 11.5 Å². The van der Waals surface area contributed by atoms with Gasteiger partial charge in [0.1, 0.15) is 11.5 Å². The third-order valence-corrected chi connectivity index (χ3v) is 4.94. The van der Waals surface area contributed by atoms with Crippen molar-refractivity contribution in [2.24, 2.45) is 0 Å². The van der Waals surface area contributed by atoms with E-state index < -0.39 is 7.37 Å². The Labute approximate surface area is 111 Å². The lowest BCUT2D eigenvalue weighted by Gasteiger charge is -2.16. The summed E-state index contributed by atoms with van der Waals surface area (Å²) in [7, 11) is -4.03. The average molecular weight is 278 g/mol. The molecule has 2 aromatic rings. The molecule has 3 N–H and O–H groups in total. The minimum Gasteiger partial charge on any atom is -0.507 e. The van der Waals surface area contributed by atoms with E-state index in [4.69, 9.17) is 0 Å². The number of aromatic hydroxyl groups is 2. The molecule has 4 nitrogen and oxygen atoms in total. The molecular formula is C14H15O4P. The van der Waals surface area contributed by atoms with Gasteiger partial charge in [0, 0.05) is 0 Å². The van der Waals surface area contributed by atoms with E-state index in [1.54, 1.807) is 26.0 Å². The van der Waals surface area contributed by atoms with Crippen LogP contribution in [0.4, 0.5) is 0 Å². The molecule has 0 aromatic heterocycles. The minimum atomic E-state index is -4.03. The first-order valence-corrected chi connectivity index (χ1v) is 7.41. The van der Waals surface area contributed by atoms with Crippen LogP contribution in [0, 0.1) is 13.8 Å². The normalized spacial score (nSPS) is 11.5. The van der Waals surface area contributed by atoms with Crippen LogP contribution in [-0.2, 0) is 4.57 Å². The van der Waals surface area contributed by atoms with Gasteiger partial charge in [-0.3, -0.25) is 4.57 Å². The molecule has 0 aliphatic rings. The molecule has 0 aliphatic carbocycles. The van der Waals surface area contributed by atoms with Crippen LogP contribution in [0.2, 0.25) is 0 Å². The first-order valence-electron chi connectivity index (χ1n) is 5.75. The van der Waals surface area contributed by atoms with Gasteiger partial charge in [-0.2, -0.15) is 0 Å². The highest BCUT2D eigenvalue weighted by Gasteiger charge is 2.30. The standard InChI is InChI=1S/C14H15O4P/c1-9-3-5-11(15)13(7-9)19(17,18)14-8-10(2)4-6-12(14)16/h3-8,15-16H,1-2H3,(H,17,18). The molecular weight excluding hydrogens is 263 g/mol. The molecule has 0 atom stereocenters. The molecule has 0 heterocycles. The topological polar surface area (TPSA) is 77.8 Å². The fourth-order valence-electron chi connectivity index (χ4n) is 1.88. The van der Waals surface area contributed by atoms with Crippen LogP contribution in [0.15, 0.2) is 36.4 Å². The Hall–Kier alpha value is -1.77. The summed E-state index contributed by atoms with van der Waals surface area (Å²) in [6, 6.07) is 8.96. The van der Waals surface area contributed by atoms with Crippen molar-refractivity contribution in [1.82, 2.24) is 0 Å². The van der Waals surface area contributed by atoms with E-state index in [2.05, 4.69) is 0 Å². The van der Waals surface area contributed by atoms with Crippen molar-refractivity contribution in [3.63, 3.8) is 0 Å². The number of hydrogen-bond acceptors (Lipinski definition) is 3. The first kappa shape index (κ1) is 13.7. The van der Waals surface area contributed by atoms with Gasteiger partial charge in [0.2, 0.25) is 0 Å². The molecule has 0 saturated carbocycles. The SMILES string of the molecule is Cc1ccc(O)c(P(=O)(O)c2cc(C)ccc2O)c1. The molecule has 2 aromatic carbocycles. The van der Waals surface area contributed by atoms with Crippen LogP contribution in [0.3, 0.4) is 0 Å². The monoisotopic (exact) mass is 278 g/mol. The maximum absolute atomic E-state index is 12.6. The molecule has 0 bridgehead atoms. The number of benzene rings is 2. The summed E-state index contributed by atoms with van der Waals surface area (Å²) in [5.74, 6) is -0.505. The maximum Gasteiger partial charge on any atom is 0.266 e. The zero-order valence-electron chi connectivity index (χ0n) is 10.7. The summed E-state index contributed by atoms with van der Waals surface area (Å²) in [5, 5.41) is 19.4. The van der Waals surface area contributed by atoms with Crippen molar-refractivity contribution >= 4 is 18.0 Å². The van der Waals surface area contributed by atoms with Gasteiger partial charge in [0.05, 0.1) is 10.6 Å². The van der Waals surface area contributed by atoms with Crippen LogP contribution in [0.1, 0.15) is 11.1 Å². The molecule has 0 amide bonds. The van der Waals surface area contributed by atoms with Crippen molar-refractivity contribution in [2.75, 3.05) is 0 Å². The number of aryl methyl sites for hydroxylation is 2. The predicted octanol–water partition coefficient (Wildman–Crippen LogP) is 1.94. The second-order valence-corrected chi connectivity index (χ2v) is 6.68. The third-order valence-electron chi connectivity index (χ3n) is 2.91. The van der Waals surface area contributed by atoms with E-state index in [9.17, 15) is 19.7 Å². The summed E-state index contributed by atoms with van der Waals surface area (Å²) < 4.78 is 12.6. The highest BCUT2D eigenvalue weighted by atomic mass is 31.2. The van der Waals surface area contributed by atoms with Crippen molar-refractivity contribution in [1.29, 1.82) is 0 Å². The lowest BCUT2D eigenvalue weighted by molar-refractivity contribution is 0.466. The largest absolute Gasteiger partial charge is 0.507 e. The number of rotatable bonds is 2. The molecule has 0 spiro atoms. The number of hydrogen-bond donors (Lipinski definition) is 3. The lowest BCUT2D eigenvalue weighted by atomic mass is 10.2. The quantitative estimate of drug-likeness (QED) is 0.734. The van der Waals surface area contributed by atoms with Gasteiger partial charge in [-0.15, -0.1) is 0 Å². The summed E-state index contributed by atoms with van der Waals surface area (Å²) in [4.78, 5) is 10.3. The number of phenolic OH excluding ortho intramolecular Hbond substituents is 2. The van der Waals surface area contributed by atoms with Gasteiger partial charge in [-0.1, -0.05) is 23.3 Å². The molecule has 0 aliphatic heterocycles. The van der Waals surface area contributed by atoms with Crippen molar-refractivity contribution in [3.8, 4) is 11.5 Å². The van der Waals surface area contributed by atoms with Gasteiger partial charge in [-0.05, 0) is 38.1 Å². The fraction of sp³-hybridized carbons (Fsp3) is 0.143. The third kappa shape index (κ3) is 2.50. The second-order valence-electron chi connectivity index (χ2n) is 4.56. The van der Waals surface area contributed by atoms with E-state index >= 15 is 0 Å². The minimum absolute atomic E-state index is 0.0617. The van der Waals surface area contributed by atoms with Gasteiger partial charge >= 0.3 is 0 Å². The van der Waals surface area contributed by atoms with Gasteiger partial charge in [0.15, 0.2) is 0 Å². The van der Waals surface area contributed by atoms with E-state index in [1.807, 2.05) is 0 Å². The van der Waals surface area contributed by atoms with E-state index in [1.165, 1.54) is 24.3 Å². The zero-order chi connectivity index (χ0) is 14.2. The molecule has 2 rings (SSSR count). The van der Waals surface area contributed by atoms with E-state index in [0.717, 1.165) is 11.1 Å². The van der Waals surface area contributed by atoms with Gasteiger partial charge in [-0.25, -0.2) is 0 Å². The molecule has 0 radical (unpaired) electrons. The zero-order valence-corrected chi connectivity index (χ0v) is 11.6.